The third-order valence-corrected chi connectivity index (χ3v) is 3.17. The monoisotopic (exact) mass is 267 g/mol. The molecule has 0 saturated heterocycles. The van der Waals surface area contributed by atoms with Gasteiger partial charge in [0.25, 0.3) is 5.56 Å². The van der Waals surface area contributed by atoms with E-state index in [4.69, 9.17) is 5.11 Å². The highest BCUT2D eigenvalue weighted by molar-refractivity contribution is 5.86. The van der Waals surface area contributed by atoms with Crippen molar-refractivity contribution in [3.05, 3.63) is 45.2 Å². The summed E-state index contributed by atoms with van der Waals surface area (Å²) in [5.74, 6) is -4.44. The van der Waals surface area contributed by atoms with E-state index in [-0.39, 0.29) is 22.0 Å². The zero-order chi connectivity index (χ0) is 14.3. The first-order valence-corrected chi connectivity index (χ1v) is 5.58. The van der Waals surface area contributed by atoms with E-state index in [1.807, 2.05) is 0 Å². The normalized spacial score (nSPS) is 12.6. The number of fused-ring (bicyclic) bond motifs is 1. The fourth-order valence-corrected chi connectivity index (χ4v) is 2.16. The van der Waals surface area contributed by atoms with Crippen molar-refractivity contribution < 1.29 is 18.7 Å². The van der Waals surface area contributed by atoms with Gasteiger partial charge in [-0.05, 0) is 31.5 Å². The fourth-order valence-electron chi connectivity index (χ4n) is 2.16. The maximum Gasteiger partial charge on any atom is 0.310 e. The molecule has 1 aromatic carbocycles. The highest BCUT2D eigenvalue weighted by Crippen LogP contribution is 2.26. The maximum absolute atomic E-state index is 13.8. The summed E-state index contributed by atoms with van der Waals surface area (Å²) in [7, 11) is 0. The zero-order valence-corrected chi connectivity index (χ0v) is 10.3. The topological polar surface area (TPSA) is 70.2 Å². The van der Waals surface area contributed by atoms with E-state index in [1.54, 1.807) is 0 Å². The molecule has 100 valence electrons. The van der Waals surface area contributed by atoms with Crippen LogP contribution in [0.2, 0.25) is 0 Å². The van der Waals surface area contributed by atoms with Gasteiger partial charge in [0.2, 0.25) is 0 Å². The first-order valence-electron chi connectivity index (χ1n) is 5.58. The van der Waals surface area contributed by atoms with Crippen LogP contribution >= 0.6 is 0 Å². The van der Waals surface area contributed by atoms with E-state index in [2.05, 4.69) is 4.98 Å². The zero-order valence-electron chi connectivity index (χ0n) is 10.3. The third-order valence-electron chi connectivity index (χ3n) is 3.17. The number of hydrogen-bond acceptors (Lipinski definition) is 2. The molecule has 2 N–H and O–H groups in total. The van der Waals surface area contributed by atoms with Crippen molar-refractivity contribution in [3.8, 4) is 0 Å². The van der Waals surface area contributed by atoms with E-state index >= 15 is 0 Å². The summed E-state index contributed by atoms with van der Waals surface area (Å²) in [5, 5.41) is 8.86. The summed E-state index contributed by atoms with van der Waals surface area (Å²) in [6.07, 6.45) is 0. The summed E-state index contributed by atoms with van der Waals surface area (Å²) >= 11 is 0. The highest BCUT2D eigenvalue weighted by atomic mass is 19.2. The van der Waals surface area contributed by atoms with Crippen LogP contribution in [0.5, 0.6) is 0 Å². The smallest absolute Gasteiger partial charge is 0.310 e. The number of aliphatic carboxylic acids is 1. The molecule has 0 aliphatic carbocycles. The second-order valence-corrected chi connectivity index (χ2v) is 4.34. The lowest BCUT2D eigenvalue weighted by Crippen LogP contribution is -2.22. The molecular weight excluding hydrogens is 256 g/mol. The number of carbonyl (C=O) groups is 1. The van der Waals surface area contributed by atoms with Gasteiger partial charge in [-0.1, -0.05) is 0 Å². The summed E-state index contributed by atoms with van der Waals surface area (Å²) in [5.41, 5.74) is -0.385. The number of nitrogens with one attached hydrogen (secondary N) is 1. The van der Waals surface area contributed by atoms with Crippen LogP contribution in [0.15, 0.2) is 16.9 Å². The molecule has 0 fully saturated rings. The lowest BCUT2D eigenvalue weighted by Gasteiger charge is -2.12. The van der Waals surface area contributed by atoms with Crippen LogP contribution in [-0.4, -0.2) is 16.1 Å². The Morgan fingerprint density at radius 1 is 1.37 bits per heavy atom. The maximum atomic E-state index is 13.8. The number of benzene rings is 1. The average Bonchev–Trinajstić information content (AvgIpc) is 2.33. The highest BCUT2D eigenvalue weighted by Gasteiger charge is 2.23. The molecule has 2 aromatic rings. The molecular formula is C13H11F2NO3. The Morgan fingerprint density at radius 3 is 2.58 bits per heavy atom. The number of rotatable bonds is 2. The van der Waals surface area contributed by atoms with Crippen molar-refractivity contribution in [1.82, 2.24) is 4.98 Å². The standard InChI is InChI=1S/C13H11F2NO3/c1-5-9(6(2)13(18)19)12(17)16-8-4-3-7(14)11(15)10(5)8/h3-4,6H,1-2H3,(H,16,17)(H,18,19)/t6-/m1/s1. The summed E-state index contributed by atoms with van der Waals surface area (Å²) in [6, 6.07) is 2.16. The van der Waals surface area contributed by atoms with Crippen LogP contribution in [0.25, 0.3) is 10.9 Å². The van der Waals surface area contributed by atoms with Gasteiger partial charge in [0.05, 0.1) is 11.4 Å². The number of carboxylic acid groups (broad SMARTS) is 1. The molecule has 1 heterocycles. The number of pyridine rings is 1. The predicted molar refractivity (Wildman–Crippen MR) is 65.3 cm³/mol. The van der Waals surface area contributed by atoms with Gasteiger partial charge in [-0.3, -0.25) is 9.59 Å². The van der Waals surface area contributed by atoms with Gasteiger partial charge in [-0.15, -0.1) is 0 Å². The molecule has 1 atom stereocenters. The van der Waals surface area contributed by atoms with Gasteiger partial charge < -0.3 is 10.1 Å². The average molecular weight is 267 g/mol. The first kappa shape index (κ1) is 13.2. The van der Waals surface area contributed by atoms with Crippen molar-refractivity contribution in [2.75, 3.05) is 0 Å². The number of aromatic amines is 1. The molecule has 0 aliphatic rings. The number of H-pyrrole nitrogens is 1. The van der Waals surface area contributed by atoms with Crippen LogP contribution < -0.4 is 5.56 Å². The van der Waals surface area contributed by atoms with E-state index in [0.717, 1.165) is 6.07 Å². The Labute approximate surface area is 106 Å². The molecule has 0 bridgehead atoms. The quantitative estimate of drug-likeness (QED) is 0.877. The first-order chi connectivity index (χ1) is 8.84. The van der Waals surface area contributed by atoms with Crippen molar-refractivity contribution in [2.24, 2.45) is 0 Å². The van der Waals surface area contributed by atoms with Gasteiger partial charge in [-0.25, -0.2) is 8.78 Å². The van der Waals surface area contributed by atoms with E-state index in [0.29, 0.717) is 0 Å². The number of halogens is 2. The van der Waals surface area contributed by atoms with Crippen molar-refractivity contribution >= 4 is 16.9 Å². The molecule has 0 saturated carbocycles. The lowest BCUT2D eigenvalue weighted by atomic mass is 9.95. The third kappa shape index (κ3) is 1.99. The van der Waals surface area contributed by atoms with Crippen LogP contribution in [0.4, 0.5) is 8.78 Å². The molecule has 0 aliphatic heterocycles. The molecule has 0 amide bonds. The lowest BCUT2D eigenvalue weighted by molar-refractivity contribution is -0.138. The molecule has 1 aromatic heterocycles. The molecule has 6 heteroatoms. The van der Waals surface area contributed by atoms with Gasteiger partial charge in [0.15, 0.2) is 11.6 Å². The number of carboxylic acids is 1. The van der Waals surface area contributed by atoms with Gasteiger partial charge >= 0.3 is 5.97 Å². The molecule has 0 radical (unpaired) electrons. The van der Waals surface area contributed by atoms with Crippen molar-refractivity contribution in [1.29, 1.82) is 0 Å². The second kappa shape index (κ2) is 4.46. The van der Waals surface area contributed by atoms with E-state index in [1.165, 1.54) is 19.9 Å². The predicted octanol–water partition coefficient (Wildman–Crippen LogP) is 2.30. The van der Waals surface area contributed by atoms with Crippen LogP contribution in [0.1, 0.15) is 24.0 Å². The van der Waals surface area contributed by atoms with Crippen molar-refractivity contribution in [3.63, 3.8) is 0 Å². The van der Waals surface area contributed by atoms with Gasteiger partial charge in [-0.2, -0.15) is 0 Å². The molecule has 4 nitrogen and oxygen atoms in total. The second-order valence-electron chi connectivity index (χ2n) is 4.34. The summed E-state index contributed by atoms with van der Waals surface area (Å²) in [4.78, 5) is 25.2. The van der Waals surface area contributed by atoms with Gasteiger partial charge in [0, 0.05) is 10.9 Å². The molecule has 0 spiro atoms. The minimum Gasteiger partial charge on any atom is -0.481 e. The van der Waals surface area contributed by atoms with Gasteiger partial charge in [0.1, 0.15) is 0 Å². The Morgan fingerprint density at radius 2 is 2.00 bits per heavy atom. The Balaban J connectivity index is 2.92. The Bertz CT molecular complexity index is 737. The molecule has 2 rings (SSSR count). The van der Waals surface area contributed by atoms with Crippen LogP contribution in [-0.2, 0) is 4.79 Å². The SMILES string of the molecule is Cc1c([C@@H](C)C(=O)O)c(=O)[nH]c2ccc(F)c(F)c12. The van der Waals surface area contributed by atoms with Crippen molar-refractivity contribution in [2.45, 2.75) is 19.8 Å². The molecule has 19 heavy (non-hydrogen) atoms. The molecule has 0 unspecified atom stereocenters. The minimum atomic E-state index is -1.20. The van der Waals surface area contributed by atoms with Crippen LogP contribution in [0, 0.1) is 18.6 Å². The number of aromatic nitrogens is 1. The Hall–Kier alpha value is -2.24. The number of hydrogen-bond donors (Lipinski definition) is 2. The largest absolute Gasteiger partial charge is 0.481 e. The van der Waals surface area contributed by atoms with E-state index < -0.39 is 29.1 Å². The summed E-state index contributed by atoms with van der Waals surface area (Å²) < 4.78 is 27.0. The number of aryl methyl sites for hydroxylation is 1. The minimum absolute atomic E-state index is 0.0653. The van der Waals surface area contributed by atoms with E-state index in [9.17, 15) is 18.4 Å². The van der Waals surface area contributed by atoms with Crippen LogP contribution in [0.3, 0.4) is 0 Å². The Kier molecular flexibility index (Phi) is 3.09. The summed E-state index contributed by atoms with van der Waals surface area (Å²) in [6.45, 7) is 2.73. The fraction of sp³-hybridized carbons (Fsp3) is 0.231.